The van der Waals surface area contributed by atoms with Gasteiger partial charge in [0.1, 0.15) is 0 Å². The summed E-state index contributed by atoms with van der Waals surface area (Å²) < 4.78 is 5.71. The van der Waals surface area contributed by atoms with E-state index in [-0.39, 0.29) is 24.2 Å². The number of thiophene rings is 1. The molecule has 0 bridgehead atoms. The molecule has 1 N–H and O–H groups in total. The fourth-order valence-electron chi connectivity index (χ4n) is 2.42. The monoisotopic (exact) mass is 283 g/mol. The Morgan fingerprint density at radius 3 is 3.05 bits per heavy atom. The van der Waals surface area contributed by atoms with Gasteiger partial charge in [-0.25, -0.2) is 0 Å². The van der Waals surface area contributed by atoms with Gasteiger partial charge in [0, 0.05) is 24.4 Å². The fourth-order valence-corrected chi connectivity index (χ4v) is 3.13. The molecule has 1 saturated heterocycles. The molecule has 2 rings (SSSR count). The first-order chi connectivity index (χ1) is 9.00. The second-order valence-electron chi connectivity index (χ2n) is 5.54. The lowest BCUT2D eigenvalue weighted by Crippen LogP contribution is -2.55. The lowest BCUT2D eigenvalue weighted by Gasteiger charge is -2.42. The number of nitrogens with zero attached hydrogens (tertiary/aromatic N) is 1. The van der Waals surface area contributed by atoms with E-state index in [4.69, 9.17) is 4.74 Å². The molecule has 0 saturated carbocycles. The number of carbonyl (C=O) groups is 1. The first-order valence-electron chi connectivity index (χ1n) is 6.59. The van der Waals surface area contributed by atoms with Crippen LogP contribution < -0.4 is 0 Å². The number of amides is 1. The Kier molecular flexibility index (Phi) is 4.60. The Morgan fingerprint density at radius 1 is 1.63 bits per heavy atom. The summed E-state index contributed by atoms with van der Waals surface area (Å²) in [5.41, 5.74) is -0.385. The molecule has 0 aliphatic carbocycles. The highest BCUT2D eigenvalue weighted by Gasteiger charge is 2.34. The lowest BCUT2D eigenvalue weighted by molar-refractivity contribution is -0.166. The number of ether oxygens (including phenoxy) is 1. The van der Waals surface area contributed by atoms with Gasteiger partial charge in [0.15, 0.2) is 0 Å². The number of hydrogen-bond acceptors (Lipinski definition) is 4. The molecule has 2 heterocycles. The molecule has 1 fully saturated rings. The van der Waals surface area contributed by atoms with E-state index in [1.165, 1.54) is 4.88 Å². The van der Waals surface area contributed by atoms with Crippen molar-refractivity contribution in [3.8, 4) is 0 Å². The number of hydrogen-bond donors (Lipinski definition) is 1. The van der Waals surface area contributed by atoms with Gasteiger partial charge in [-0.2, -0.15) is 0 Å². The highest BCUT2D eigenvalue weighted by Crippen LogP contribution is 2.22. The van der Waals surface area contributed by atoms with Crippen LogP contribution in [0.3, 0.4) is 0 Å². The molecule has 5 heteroatoms. The highest BCUT2D eigenvalue weighted by molar-refractivity contribution is 7.09. The summed E-state index contributed by atoms with van der Waals surface area (Å²) in [5, 5.41) is 11.3. The van der Waals surface area contributed by atoms with E-state index < -0.39 is 0 Å². The standard InChI is InChI=1S/C14H21NO3S/c1-14(2)10-15(8-11(9-16)18-14)13(17)6-5-12-4-3-7-19-12/h3-4,7,11,16H,5-6,8-10H2,1-2H3. The molecule has 0 spiro atoms. The third-order valence-electron chi connectivity index (χ3n) is 3.20. The van der Waals surface area contributed by atoms with Gasteiger partial charge in [0.05, 0.1) is 18.3 Å². The first kappa shape index (κ1) is 14.5. The molecule has 106 valence electrons. The van der Waals surface area contributed by atoms with Crippen LogP contribution in [0.5, 0.6) is 0 Å². The summed E-state index contributed by atoms with van der Waals surface area (Å²) in [6.45, 7) is 4.94. The van der Waals surface area contributed by atoms with Crippen molar-refractivity contribution >= 4 is 17.2 Å². The normalized spacial score (nSPS) is 22.5. The molecule has 0 aromatic carbocycles. The van der Waals surface area contributed by atoms with Crippen molar-refractivity contribution in [1.82, 2.24) is 4.90 Å². The fraction of sp³-hybridized carbons (Fsp3) is 0.643. The number of rotatable bonds is 4. The molecule has 1 aromatic heterocycles. The van der Waals surface area contributed by atoms with Gasteiger partial charge in [-0.15, -0.1) is 11.3 Å². The van der Waals surface area contributed by atoms with Crippen molar-refractivity contribution in [2.45, 2.75) is 38.4 Å². The zero-order valence-corrected chi connectivity index (χ0v) is 12.3. The topological polar surface area (TPSA) is 49.8 Å². The Morgan fingerprint density at radius 2 is 2.42 bits per heavy atom. The molecule has 1 amide bonds. The zero-order valence-electron chi connectivity index (χ0n) is 11.5. The zero-order chi connectivity index (χ0) is 13.9. The van der Waals surface area contributed by atoms with E-state index in [0.29, 0.717) is 19.5 Å². The van der Waals surface area contributed by atoms with Crippen LogP contribution >= 0.6 is 11.3 Å². The van der Waals surface area contributed by atoms with Gasteiger partial charge >= 0.3 is 0 Å². The average molecular weight is 283 g/mol. The van der Waals surface area contributed by atoms with Gasteiger partial charge in [-0.1, -0.05) is 6.07 Å². The quantitative estimate of drug-likeness (QED) is 0.914. The van der Waals surface area contributed by atoms with Crippen LogP contribution in [-0.2, 0) is 16.0 Å². The molecule has 19 heavy (non-hydrogen) atoms. The van der Waals surface area contributed by atoms with E-state index in [1.807, 2.05) is 30.2 Å². The minimum absolute atomic E-state index is 0.0435. The van der Waals surface area contributed by atoms with Crippen molar-refractivity contribution in [2.75, 3.05) is 19.7 Å². The Labute approximate surface area is 118 Å². The molecule has 1 atom stereocenters. The summed E-state index contributed by atoms with van der Waals surface area (Å²) in [6, 6.07) is 4.06. The first-order valence-corrected chi connectivity index (χ1v) is 7.47. The predicted octanol–water partition coefficient (Wildman–Crippen LogP) is 1.68. The van der Waals surface area contributed by atoms with Crippen molar-refractivity contribution in [3.63, 3.8) is 0 Å². The molecule has 4 nitrogen and oxygen atoms in total. The van der Waals surface area contributed by atoms with E-state index in [0.717, 1.165) is 6.42 Å². The summed E-state index contributed by atoms with van der Waals surface area (Å²) in [4.78, 5) is 15.3. The third-order valence-corrected chi connectivity index (χ3v) is 4.14. The van der Waals surface area contributed by atoms with Gasteiger partial charge in [-0.05, 0) is 31.7 Å². The number of morpholine rings is 1. The van der Waals surface area contributed by atoms with E-state index in [1.54, 1.807) is 11.3 Å². The summed E-state index contributed by atoms with van der Waals surface area (Å²) in [7, 11) is 0. The number of carbonyl (C=O) groups excluding carboxylic acids is 1. The SMILES string of the molecule is CC1(C)CN(C(=O)CCc2cccs2)CC(CO)O1. The Hall–Kier alpha value is -0.910. The van der Waals surface area contributed by atoms with Gasteiger partial charge < -0.3 is 14.7 Å². The number of aliphatic hydroxyl groups is 1. The molecular formula is C14H21NO3S. The van der Waals surface area contributed by atoms with Gasteiger partial charge in [0.25, 0.3) is 0 Å². The van der Waals surface area contributed by atoms with E-state index >= 15 is 0 Å². The van der Waals surface area contributed by atoms with Crippen molar-refractivity contribution in [3.05, 3.63) is 22.4 Å². The largest absolute Gasteiger partial charge is 0.394 e. The highest BCUT2D eigenvalue weighted by atomic mass is 32.1. The number of aliphatic hydroxyl groups excluding tert-OH is 1. The maximum Gasteiger partial charge on any atom is 0.223 e. The Balaban J connectivity index is 1.90. The molecule has 1 aromatic rings. The third kappa shape index (κ3) is 4.03. The molecule has 1 unspecified atom stereocenters. The molecular weight excluding hydrogens is 262 g/mol. The van der Waals surface area contributed by atoms with E-state index in [2.05, 4.69) is 6.07 Å². The second kappa shape index (κ2) is 6.03. The van der Waals surface area contributed by atoms with Crippen LogP contribution in [0.25, 0.3) is 0 Å². The van der Waals surface area contributed by atoms with Gasteiger partial charge in [-0.3, -0.25) is 4.79 Å². The molecule has 1 aliphatic rings. The van der Waals surface area contributed by atoms with Crippen molar-refractivity contribution < 1.29 is 14.6 Å². The summed E-state index contributed by atoms with van der Waals surface area (Å²) in [6.07, 6.45) is 1.04. The molecule has 1 aliphatic heterocycles. The second-order valence-corrected chi connectivity index (χ2v) is 6.57. The summed E-state index contributed by atoms with van der Waals surface area (Å²) in [5.74, 6) is 0.142. The smallest absolute Gasteiger partial charge is 0.223 e. The van der Waals surface area contributed by atoms with Crippen molar-refractivity contribution in [2.24, 2.45) is 0 Å². The van der Waals surface area contributed by atoms with Crippen LogP contribution in [0.1, 0.15) is 25.1 Å². The van der Waals surface area contributed by atoms with E-state index in [9.17, 15) is 9.90 Å². The number of aryl methyl sites for hydroxylation is 1. The molecule has 0 radical (unpaired) electrons. The predicted molar refractivity (Wildman–Crippen MR) is 75.3 cm³/mol. The van der Waals surface area contributed by atoms with Crippen LogP contribution in [0.15, 0.2) is 17.5 Å². The minimum atomic E-state index is -0.385. The van der Waals surface area contributed by atoms with Crippen LogP contribution in [-0.4, -0.2) is 47.3 Å². The van der Waals surface area contributed by atoms with Crippen LogP contribution in [0.4, 0.5) is 0 Å². The van der Waals surface area contributed by atoms with Gasteiger partial charge in [0.2, 0.25) is 5.91 Å². The maximum absolute atomic E-state index is 12.2. The summed E-state index contributed by atoms with van der Waals surface area (Å²) >= 11 is 1.68. The average Bonchev–Trinajstić information content (AvgIpc) is 2.87. The lowest BCUT2D eigenvalue weighted by atomic mass is 10.0. The maximum atomic E-state index is 12.2. The van der Waals surface area contributed by atoms with Crippen LogP contribution in [0, 0.1) is 0 Å². The minimum Gasteiger partial charge on any atom is -0.394 e. The van der Waals surface area contributed by atoms with Crippen molar-refractivity contribution in [1.29, 1.82) is 0 Å². The Bertz CT molecular complexity index is 416. The van der Waals surface area contributed by atoms with Crippen LogP contribution in [0.2, 0.25) is 0 Å².